The van der Waals surface area contributed by atoms with Crippen molar-refractivity contribution in [2.45, 2.75) is 0 Å². The molecule has 98 valence electrons. The van der Waals surface area contributed by atoms with Gasteiger partial charge in [-0.25, -0.2) is 4.98 Å². The number of hydrogen-bond acceptors (Lipinski definition) is 2. The molecule has 0 spiro atoms. The number of pyridine rings is 2. The first-order valence-corrected chi connectivity index (χ1v) is 6.93. The summed E-state index contributed by atoms with van der Waals surface area (Å²) in [5.74, 6) is 0. The fourth-order valence-electron chi connectivity index (χ4n) is 3.05. The van der Waals surface area contributed by atoms with E-state index in [1.807, 2.05) is 24.5 Å². The van der Waals surface area contributed by atoms with Crippen LogP contribution < -0.4 is 0 Å². The molecule has 0 fully saturated rings. The number of hydrogen-bond donors (Lipinski definition) is 0. The minimum absolute atomic E-state index is 0.980. The van der Waals surface area contributed by atoms with Crippen LogP contribution in [-0.4, -0.2) is 14.4 Å². The normalized spacial score (nSPS) is 11.8. The van der Waals surface area contributed by atoms with E-state index in [4.69, 9.17) is 4.98 Å². The predicted octanol–water partition coefficient (Wildman–Crippen LogP) is 4.19. The molecule has 0 saturated heterocycles. The molecule has 0 bridgehead atoms. The van der Waals surface area contributed by atoms with Gasteiger partial charge in [-0.05, 0) is 40.4 Å². The highest BCUT2D eigenvalue weighted by molar-refractivity contribution is 6.08. The van der Waals surface area contributed by atoms with E-state index in [0.29, 0.717) is 0 Å². The number of benzene rings is 2. The Morgan fingerprint density at radius 1 is 0.857 bits per heavy atom. The van der Waals surface area contributed by atoms with Gasteiger partial charge in [-0.2, -0.15) is 0 Å². The number of aromatic nitrogens is 3. The van der Waals surface area contributed by atoms with Crippen LogP contribution in [0.25, 0.3) is 38.2 Å². The van der Waals surface area contributed by atoms with Crippen molar-refractivity contribution in [2.24, 2.45) is 0 Å². The summed E-state index contributed by atoms with van der Waals surface area (Å²) in [4.78, 5) is 8.92. The lowest BCUT2D eigenvalue weighted by molar-refractivity contribution is 1.25. The molecule has 0 amide bonds. The molecule has 0 atom stereocenters. The van der Waals surface area contributed by atoms with Gasteiger partial charge < -0.3 is 0 Å². The van der Waals surface area contributed by atoms with Gasteiger partial charge in [-0.3, -0.25) is 9.38 Å². The van der Waals surface area contributed by atoms with Gasteiger partial charge in [0.25, 0.3) is 0 Å². The summed E-state index contributed by atoms with van der Waals surface area (Å²) >= 11 is 0. The minimum Gasteiger partial charge on any atom is -0.299 e. The fraction of sp³-hybridized carbons (Fsp3) is 0. The van der Waals surface area contributed by atoms with Crippen molar-refractivity contribution in [1.29, 1.82) is 0 Å². The van der Waals surface area contributed by atoms with E-state index in [1.165, 1.54) is 16.2 Å². The molecule has 3 aromatic heterocycles. The summed E-state index contributed by atoms with van der Waals surface area (Å²) in [6.45, 7) is 0. The number of para-hydroxylation sites is 2. The van der Waals surface area contributed by atoms with Crippen LogP contribution in [0.2, 0.25) is 0 Å². The molecule has 0 aliphatic rings. The Hall–Kier alpha value is -2.94. The van der Waals surface area contributed by atoms with Gasteiger partial charge in [-0.15, -0.1) is 0 Å². The number of imidazole rings is 1. The second kappa shape index (κ2) is 3.79. The van der Waals surface area contributed by atoms with E-state index < -0.39 is 0 Å². The van der Waals surface area contributed by atoms with Gasteiger partial charge in [0.1, 0.15) is 5.65 Å². The van der Waals surface area contributed by atoms with Gasteiger partial charge in [0.05, 0.1) is 11.0 Å². The molecule has 5 rings (SSSR count). The third-order valence-corrected chi connectivity index (χ3v) is 4.06. The molecule has 5 aromatic rings. The second-order valence-corrected chi connectivity index (χ2v) is 5.27. The average molecular weight is 269 g/mol. The largest absolute Gasteiger partial charge is 0.299 e. The molecule has 3 nitrogen and oxygen atoms in total. The van der Waals surface area contributed by atoms with E-state index in [9.17, 15) is 0 Å². The van der Waals surface area contributed by atoms with E-state index >= 15 is 0 Å². The van der Waals surface area contributed by atoms with Crippen LogP contribution in [-0.2, 0) is 0 Å². The highest BCUT2D eigenvalue weighted by Gasteiger charge is 2.07. The summed E-state index contributed by atoms with van der Waals surface area (Å²) in [5, 5.41) is 4.81. The SMILES string of the molecule is c1ccc2c(c1)nc1cc3c(ccc4cnccc43)cn12. The monoisotopic (exact) mass is 269 g/mol. The second-order valence-electron chi connectivity index (χ2n) is 5.27. The van der Waals surface area contributed by atoms with E-state index in [2.05, 4.69) is 52.0 Å². The Bertz CT molecular complexity index is 1140. The number of rotatable bonds is 0. The summed E-state index contributed by atoms with van der Waals surface area (Å²) in [6.07, 6.45) is 5.91. The maximum atomic E-state index is 4.72. The van der Waals surface area contributed by atoms with Crippen molar-refractivity contribution in [2.75, 3.05) is 0 Å². The average Bonchev–Trinajstić information content (AvgIpc) is 2.90. The first kappa shape index (κ1) is 10.8. The predicted molar refractivity (Wildman–Crippen MR) is 85.5 cm³/mol. The van der Waals surface area contributed by atoms with Crippen molar-refractivity contribution in [1.82, 2.24) is 14.4 Å². The Morgan fingerprint density at radius 3 is 2.76 bits per heavy atom. The highest BCUT2D eigenvalue weighted by Crippen LogP contribution is 2.27. The lowest BCUT2D eigenvalue weighted by atomic mass is 10.1. The molecular formula is C18H11N3. The van der Waals surface area contributed by atoms with Crippen molar-refractivity contribution in [3.05, 3.63) is 67.1 Å². The van der Waals surface area contributed by atoms with Crippen LogP contribution in [0.15, 0.2) is 67.1 Å². The topological polar surface area (TPSA) is 30.2 Å². The first-order chi connectivity index (χ1) is 10.4. The Kier molecular flexibility index (Phi) is 1.95. The van der Waals surface area contributed by atoms with Gasteiger partial charge in [0.15, 0.2) is 0 Å². The maximum Gasteiger partial charge on any atom is 0.138 e. The fourth-order valence-corrected chi connectivity index (χ4v) is 3.05. The molecule has 0 radical (unpaired) electrons. The van der Waals surface area contributed by atoms with Crippen LogP contribution >= 0.6 is 0 Å². The van der Waals surface area contributed by atoms with E-state index in [1.54, 1.807) is 0 Å². The molecule has 0 aliphatic heterocycles. The summed E-state index contributed by atoms with van der Waals surface area (Å²) in [6, 6.07) is 16.7. The zero-order valence-corrected chi connectivity index (χ0v) is 11.2. The van der Waals surface area contributed by atoms with Crippen molar-refractivity contribution in [3.8, 4) is 0 Å². The molecule has 2 aromatic carbocycles. The molecule has 3 heteroatoms. The van der Waals surface area contributed by atoms with E-state index in [0.717, 1.165) is 22.1 Å². The van der Waals surface area contributed by atoms with Crippen LogP contribution in [0, 0.1) is 0 Å². The Balaban J connectivity index is 2.04. The summed E-state index contributed by atoms with van der Waals surface area (Å²) in [7, 11) is 0. The molecule has 3 heterocycles. The molecule has 0 unspecified atom stereocenters. The summed E-state index contributed by atoms with van der Waals surface area (Å²) < 4.78 is 2.16. The number of fused-ring (bicyclic) bond motifs is 6. The maximum absolute atomic E-state index is 4.72. The van der Waals surface area contributed by atoms with Crippen LogP contribution in [0.1, 0.15) is 0 Å². The van der Waals surface area contributed by atoms with Crippen LogP contribution in [0.5, 0.6) is 0 Å². The van der Waals surface area contributed by atoms with Crippen LogP contribution in [0.3, 0.4) is 0 Å². The minimum atomic E-state index is 0.980. The van der Waals surface area contributed by atoms with Gasteiger partial charge >= 0.3 is 0 Å². The van der Waals surface area contributed by atoms with E-state index in [-0.39, 0.29) is 0 Å². The highest BCUT2D eigenvalue weighted by atomic mass is 15.0. The van der Waals surface area contributed by atoms with Gasteiger partial charge in [0, 0.05) is 24.0 Å². The molecular weight excluding hydrogens is 258 g/mol. The van der Waals surface area contributed by atoms with Crippen molar-refractivity contribution >= 4 is 38.2 Å². The van der Waals surface area contributed by atoms with Crippen LogP contribution in [0.4, 0.5) is 0 Å². The molecule has 21 heavy (non-hydrogen) atoms. The quantitative estimate of drug-likeness (QED) is 0.395. The molecule has 0 saturated carbocycles. The third-order valence-electron chi connectivity index (χ3n) is 4.06. The zero-order valence-electron chi connectivity index (χ0n) is 11.2. The lowest BCUT2D eigenvalue weighted by Crippen LogP contribution is -1.86. The van der Waals surface area contributed by atoms with Gasteiger partial charge in [0.2, 0.25) is 0 Å². The van der Waals surface area contributed by atoms with Gasteiger partial charge in [-0.1, -0.05) is 24.3 Å². The standard InChI is InChI=1S/C18H11N3/c1-2-4-17-16(3-1)20-18-9-15-13(11-21(17)18)6-5-12-10-19-8-7-14(12)15/h1-11H. The first-order valence-electron chi connectivity index (χ1n) is 6.93. The molecule has 0 N–H and O–H groups in total. The zero-order chi connectivity index (χ0) is 13.8. The Morgan fingerprint density at radius 2 is 1.76 bits per heavy atom. The summed E-state index contributed by atoms with van der Waals surface area (Å²) in [5.41, 5.74) is 3.15. The molecule has 0 aliphatic carbocycles. The smallest absolute Gasteiger partial charge is 0.138 e. The van der Waals surface area contributed by atoms with Crippen molar-refractivity contribution in [3.63, 3.8) is 0 Å². The number of nitrogens with zero attached hydrogens (tertiary/aromatic N) is 3. The third kappa shape index (κ3) is 1.43. The Labute approximate surface area is 120 Å². The lowest BCUT2D eigenvalue weighted by Gasteiger charge is -2.04. The van der Waals surface area contributed by atoms with Crippen molar-refractivity contribution < 1.29 is 0 Å².